The Balaban J connectivity index is 2.84. The minimum atomic E-state index is -1.82. The second-order valence-electron chi connectivity index (χ2n) is 5.94. The third kappa shape index (κ3) is 2.61. The number of amides is 1. The molecule has 4 heteroatoms. The Bertz CT molecular complexity index is 661. The second-order valence-corrected chi connectivity index (χ2v) is 11.0. The van der Waals surface area contributed by atoms with Gasteiger partial charge in [-0.1, -0.05) is 43.9 Å². The van der Waals surface area contributed by atoms with Gasteiger partial charge >= 0.3 is 0 Å². The summed E-state index contributed by atoms with van der Waals surface area (Å²) in [6, 6.07) is 8.74. The van der Waals surface area contributed by atoms with E-state index in [2.05, 4.69) is 25.0 Å². The number of carbonyl (C=O) groups excluding carboxylic acids is 1. The van der Waals surface area contributed by atoms with Gasteiger partial charge in [-0.3, -0.25) is 4.79 Å². The number of hydrogen-bond donors (Lipinski definition) is 1. The van der Waals surface area contributed by atoms with Crippen molar-refractivity contribution in [2.45, 2.75) is 26.6 Å². The molecule has 2 aromatic carbocycles. The molecule has 0 bridgehead atoms. The van der Waals surface area contributed by atoms with Crippen molar-refractivity contribution in [1.82, 2.24) is 5.32 Å². The van der Waals surface area contributed by atoms with E-state index in [1.807, 2.05) is 19.1 Å². The average molecular weight is 289 g/mol. The van der Waals surface area contributed by atoms with Crippen molar-refractivity contribution < 1.29 is 9.18 Å². The molecule has 0 atom stereocenters. The van der Waals surface area contributed by atoms with Gasteiger partial charge in [0, 0.05) is 17.5 Å². The van der Waals surface area contributed by atoms with Gasteiger partial charge in [0.25, 0.3) is 5.91 Å². The summed E-state index contributed by atoms with van der Waals surface area (Å²) >= 11 is 0. The smallest absolute Gasteiger partial charge is 0.251 e. The van der Waals surface area contributed by atoms with E-state index in [4.69, 9.17) is 0 Å². The molecule has 0 unspecified atom stereocenters. The first-order chi connectivity index (χ1) is 9.36. The monoisotopic (exact) mass is 289 g/mol. The molecule has 0 aliphatic rings. The van der Waals surface area contributed by atoms with Crippen LogP contribution in [0.2, 0.25) is 19.6 Å². The minimum Gasteiger partial charge on any atom is -0.352 e. The van der Waals surface area contributed by atoms with E-state index in [0.717, 1.165) is 5.19 Å². The third-order valence-corrected chi connectivity index (χ3v) is 5.38. The summed E-state index contributed by atoms with van der Waals surface area (Å²) in [6.45, 7) is 8.82. The molecule has 20 heavy (non-hydrogen) atoms. The van der Waals surface area contributed by atoms with Crippen LogP contribution in [0.3, 0.4) is 0 Å². The third-order valence-electron chi connectivity index (χ3n) is 3.37. The van der Waals surface area contributed by atoms with Crippen LogP contribution in [0.1, 0.15) is 17.3 Å². The minimum absolute atomic E-state index is 0.110. The van der Waals surface area contributed by atoms with Gasteiger partial charge in [-0.2, -0.15) is 0 Å². The van der Waals surface area contributed by atoms with Crippen molar-refractivity contribution in [3.63, 3.8) is 0 Å². The maximum Gasteiger partial charge on any atom is 0.251 e. The number of nitrogens with one attached hydrogen (secondary N) is 1. The van der Waals surface area contributed by atoms with Gasteiger partial charge in [0.05, 0.1) is 8.07 Å². The molecule has 1 N–H and O–H groups in total. The molecule has 0 spiro atoms. The number of hydrogen-bond acceptors (Lipinski definition) is 1. The zero-order chi connectivity index (χ0) is 14.9. The van der Waals surface area contributed by atoms with E-state index in [1.54, 1.807) is 18.2 Å². The van der Waals surface area contributed by atoms with Gasteiger partial charge in [-0.15, -0.1) is 0 Å². The highest BCUT2D eigenvalue weighted by molar-refractivity contribution is 6.89. The Morgan fingerprint density at radius 2 is 1.80 bits per heavy atom. The van der Waals surface area contributed by atoms with Crippen LogP contribution in [0.15, 0.2) is 30.3 Å². The number of rotatable bonds is 3. The Hall–Kier alpha value is -1.68. The molecular formula is C16H20FNOSi. The molecule has 0 heterocycles. The van der Waals surface area contributed by atoms with Crippen molar-refractivity contribution in [3.8, 4) is 0 Å². The standard InChI is InChI=1S/C16H20FNOSi/c1-5-18-16(19)15-12-9-7-6-8-11(12)13(17)10-14(15)20(2,3)4/h6-10H,5H2,1-4H3,(H,18,19). The normalized spacial score (nSPS) is 11.7. The van der Waals surface area contributed by atoms with Crippen LogP contribution < -0.4 is 10.5 Å². The van der Waals surface area contributed by atoms with Crippen LogP contribution in [0.25, 0.3) is 10.8 Å². The fourth-order valence-corrected chi connectivity index (χ4v) is 3.97. The molecule has 0 radical (unpaired) electrons. The molecule has 2 rings (SSSR count). The van der Waals surface area contributed by atoms with Crippen LogP contribution in [-0.4, -0.2) is 20.5 Å². The summed E-state index contributed by atoms with van der Waals surface area (Å²) in [7, 11) is -1.82. The maximum absolute atomic E-state index is 14.3. The Morgan fingerprint density at radius 3 is 2.35 bits per heavy atom. The Labute approximate surface area is 120 Å². The quantitative estimate of drug-likeness (QED) is 0.863. The van der Waals surface area contributed by atoms with Gasteiger partial charge in [0.1, 0.15) is 5.82 Å². The molecule has 2 nitrogen and oxygen atoms in total. The lowest BCUT2D eigenvalue weighted by atomic mass is 10.0. The first-order valence-corrected chi connectivity index (χ1v) is 10.4. The fourth-order valence-electron chi connectivity index (χ4n) is 2.42. The predicted molar refractivity (Wildman–Crippen MR) is 84.9 cm³/mol. The highest BCUT2D eigenvalue weighted by Gasteiger charge is 2.26. The number of carbonyl (C=O) groups is 1. The predicted octanol–water partition coefficient (Wildman–Crippen LogP) is 3.27. The van der Waals surface area contributed by atoms with E-state index in [-0.39, 0.29) is 11.7 Å². The first kappa shape index (κ1) is 14.7. The van der Waals surface area contributed by atoms with Crippen molar-refractivity contribution >= 4 is 29.9 Å². The lowest BCUT2D eigenvalue weighted by Gasteiger charge is -2.22. The summed E-state index contributed by atoms with van der Waals surface area (Å²) in [4.78, 5) is 12.4. The van der Waals surface area contributed by atoms with Crippen molar-refractivity contribution in [2.75, 3.05) is 6.54 Å². The summed E-state index contributed by atoms with van der Waals surface area (Å²) in [6.07, 6.45) is 0. The summed E-state index contributed by atoms with van der Waals surface area (Å²) in [5, 5.41) is 4.94. The van der Waals surface area contributed by atoms with Crippen molar-refractivity contribution in [2.24, 2.45) is 0 Å². The maximum atomic E-state index is 14.3. The van der Waals surface area contributed by atoms with Crippen LogP contribution in [-0.2, 0) is 0 Å². The molecule has 2 aromatic rings. The van der Waals surface area contributed by atoms with Gasteiger partial charge in [-0.05, 0) is 23.6 Å². The van der Waals surface area contributed by atoms with E-state index in [0.29, 0.717) is 22.9 Å². The van der Waals surface area contributed by atoms with Crippen molar-refractivity contribution in [3.05, 3.63) is 41.7 Å². The summed E-state index contributed by atoms with van der Waals surface area (Å²) in [5.74, 6) is -0.354. The van der Waals surface area contributed by atoms with E-state index in [1.165, 1.54) is 0 Å². The fraction of sp³-hybridized carbons (Fsp3) is 0.312. The van der Waals surface area contributed by atoms with E-state index < -0.39 is 8.07 Å². The van der Waals surface area contributed by atoms with Crippen LogP contribution in [0.5, 0.6) is 0 Å². The zero-order valence-electron chi connectivity index (χ0n) is 12.4. The van der Waals surface area contributed by atoms with Gasteiger partial charge in [0.2, 0.25) is 0 Å². The van der Waals surface area contributed by atoms with E-state index in [9.17, 15) is 9.18 Å². The van der Waals surface area contributed by atoms with Gasteiger partial charge in [-0.25, -0.2) is 4.39 Å². The SMILES string of the molecule is CCNC(=O)c1c([Si](C)(C)C)cc(F)c2ccccc12. The molecule has 106 valence electrons. The molecule has 0 aliphatic heterocycles. The van der Waals surface area contributed by atoms with Crippen molar-refractivity contribution in [1.29, 1.82) is 0 Å². The molecule has 0 fully saturated rings. The van der Waals surface area contributed by atoms with Gasteiger partial charge in [0.15, 0.2) is 0 Å². The highest BCUT2D eigenvalue weighted by atomic mass is 28.3. The van der Waals surface area contributed by atoms with E-state index >= 15 is 0 Å². The topological polar surface area (TPSA) is 29.1 Å². The zero-order valence-corrected chi connectivity index (χ0v) is 13.4. The molecule has 0 aliphatic carbocycles. The molecule has 1 amide bonds. The first-order valence-electron chi connectivity index (χ1n) is 6.86. The molecular weight excluding hydrogens is 269 g/mol. The van der Waals surface area contributed by atoms with Crippen LogP contribution >= 0.6 is 0 Å². The van der Waals surface area contributed by atoms with Crippen LogP contribution in [0.4, 0.5) is 4.39 Å². The Morgan fingerprint density at radius 1 is 1.20 bits per heavy atom. The number of benzene rings is 2. The highest BCUT2D eigenvalue weighted by Crippen LogP contribution is 2.23. The summed E-state index contributed by atoms with van der Waals surface area (Å²) in [5.41, 5.74) is 0.642. The molecule has 0 saturated heterocycles. The molecule has 0 aromatic heterocycles. The number of fused-ring (bicyclic) bond motifs is 1. The lowest BCUT2D eigenvalue weighted by Crippen LogP contribution is -2.44. The molecule has 0 saturated carbocycles. The largest absolute Gasteiger partial charge is 0.352 e. The number of halogens is 1. The summed E-state index contributed by atoms with van der Waals surface area (Å²) < 4.78 is 14.3. The second kappa shape index (κ2) is 5.36. The Kier molecular flexibility index (Phi) is 3.95. The van der Waals surface area contributed by atoms with Crippen LogP contribution in [0, 0.1) is 5.82 Å². The average Bonchev–Trinajstić information content (AvgIpc) is 2.37. The lowest BCUT2D eigenvalue weighted by molar-refractivity contribution is 0.0958. The van der Waals surface area contributed by atoms with Gasteiger partial charge < -0.3 is 5.32 Å².